The smallest absolute Gasteiger partial charge is 0.405 e. The average molecular weight is 361 g/mol. The number of nitrogens with zero attached hydrogens (tertiary/aromatic N) is 1. The molecule has 2 aromatic heterocycles. The second kappa shape index (κ2) is 7.47. The van der Waals surface area contributed by atoms with Crippen LogP contribution in [0.15, 0.2) is 21.9 Å². The molecule has 0 saturated carbocycles. The Morgan fingerprint density at radius 2 is 2.04 bits per heavy atom. The van der Waals surface area contributed by atoms with Gasteiger partial charge in [0.05, 0.1) is 23.5 Å². The van der Waals surface area contributed by atoms with Crippen LogP contribution in [0.2, 0.25) is 0 Å². The molecule has 2 amide bonds. The molecule has 6 nitrogen and oxygen atoms in total. The van der Waals surface area contributed by atoms with E-state index < -0.39 is 31.1 Å². The van der Waals surface area contributed by atoms with Gasteiger partial charge in [0.1, 0.15) is 12.3 Å². The molecule has 2 aromatic rings. The zero-order valence-corrected chi connectivity index (χ0v) is 13.4. The maximum atomic E-state index is 11.9. The summed E-state index contributed by atoms with van der Waals surface area (Å²) in [6, 6.07) is 3.66. The molecule has 2 rings (SSSR count). The van der Waals surface area contributed by atoms with Gasteiger partial charge in [-0.3, -0.25) is 9.59 Å². The van der Waals surface area contributed by atoms with Crippen molar-refractivity contribution >= 4 is 23.2 Å². The van der Waals surface area contributed by atoms with Crippen molar-refractivity contribution in [3.8, 4) is 10.8 Å². The Kier molecular flexibility index (Phi) is 5.60. The van der Waals surface area contributed by atoms with Crippen molar-refractivity contribution in [2.45, 2.75) is 19.5 Å². The van der Waals surface area contributed by atoms with Crippen molar-refractivity contribution < 1.29 is 27.2 Å². The van der Waals surface area contributed by atoms with Crippen LogP contribution in [-0.2, 0) is 16.0 Å². The lowest BCUT2D eigenvalue weighted by molar-refractivity contribution is -0.138. The van der Waals surface area contributed by atoms with Crippen molar-refractivity contribution in [1.82, 2.24) is 15.6 Å². The Balaban J connectivity index is 1.83. The first-order valence-electron chi connectivity index (χ1n) is 6.85. The molecule has 0 aliphatic carbocycles. The van der Waals surface area contributed by atoms with Gasteiger partial charge in [-0.1, -0.05) is 6.07 Å². The predicted octanol–water partition coefficient (Wildman–Crippen LogP) is 2.05. The fraction of sp³-hybridized carbons (Fsp3) is 0.357. The number of amides is 2. The number of nitrogens with one attached hydrogen (secondary N) is 2. The van der Waals surface area contributed by atoms with Crippen LogP contribution in [-0.4, -0.2) is 36.1 Å². The average Bonchev–Trinajstić information content (AvgIpc) is 3.13. The summed E-state index contributed by atoms with van der Waals surface area (Å²) < 4.78 is 41.3. The van der Waals surface area contributed by atoms with E-state index in [0.717, 1.165) is 4.88 Å². The number of oxazole rings is 1. The Morgan fingerprint density at radius 1 is 1.29 bits per heavy atom. The van der Waals surface area contributed by atoms with Gasteiger partial charge in [-0.25, -0.2) is 4.98 Å². The van der Waals surface area contributed by atoms with Gasteiger partial charge >= 0.3 is 6.18 Å². The number of halogens is 3. The van der Waals surface area contributed by atoms with Crippen molar-refractivity contribution in [1.29, 1.82) is 0 Å². The van der Waals surface area contributed by atoms with Crippen LogP contribution < -0.4 is 10.6 Å². The summed E-state index contributed by atoms with van der Waals surface area (Å²) in [6.07, 6.45) is -4.62. The van der Waals surface area contributed by atoms with Crippen molar-refractivity contribution in [2.75, 3.05) is 13.1 Å². The third-order valence-electron chi connectivity index (χ3n) is 2.88. The fourth-order valence-electron chi connectivity index (χ4n) is 1.75. The molecular weight excluding hydrogens is 347 g/mol. The molecule has 0 aromatic carbocycles. The zero-order chi connectivity index (χ0) is 17.7. The first-order valence-corrected chi connectivity index (χ1v) is 7.73. The number of thiophene rings is 1. The standard InChI is InChI=1S/C14H14F3N3O3S/c1-8-9(20-13(23-8)10-3-2-4-24-10)5-11(21)18-6-12(22)19-7-14(15,16)17/h2-4H,5-7H2,1H3,(H,18,21)(H,19,22). The summed E-state index contributed by atoms with van der Waals surface area (Å²) in [6.45, 7) is -0.319. The molecule has 2 heterocycles. The zero-order valence-electron chi connectivity index (χ0n) is 12.6. The summed E-state index contributed by atoms with van der Waals surface area (Å²) in [4.78, 5) is 28.0. The Morgan fingerprint density at radius 3 is 2.67 bits per heavy atom. The highest BCUT2D eigenvalue weighted by atomic mass is 32.1. The van der Waals surface area contributed by atoms with E-state index in [1.54, 1.807) is 12.2 Å². The van der Waals surface area contributed by atoms with Gasteiger partial charge in [-0.15, -0.1) is 11.3 Å². The molecule has 0 aliphatic heterocycles. The minimum Gasteiger partial charge on any atom is -0.440 e. The summed E-state index contributed by atoms with van der Waals surface area (Å²) in [7, 11) is 0. The van der Waals surface area contributed by atoms with E-state index in [-0.39, 0.29) is 6.42 Å². The number of carbonyl (C=O) groups is 2. The number of hydrogen-bond donors (Lipinski definition) is 2. The van der Waals surface area contributed by atoms with Crippen molar-refractivity contribution in [2.24, 2.45) is 0 Å². The van der Waals surface area contributed by atoms with Crippen LogP contribution in [0.3, 0.4) is 0 Å². The number of hydrogen-bond acceptors (Lipinski definition) is 5. The van der Waals surface area contributed by atoms with Gasteiger partial charge in [-0.05, 0) is 18.4 Å². The monoisotopic (exact) mass is 361 g/mol. The lowest BCUT2D eigenvalue weighted by Crippen LogP contribution is -2.41. The number of rotatable bonds is 6. The fourth-order valence-corrected chi connectivity index (χ4v) is 2.40. The topological polar surface area (TPSA) is 84.2 Å². The molecule has 2 N–H and O–H groups in total. The SMILES string of the molecule is Cc1oc(-c2cccs2)nc1CC(=O)NCC(=O)NCC(F)(F)F. The lowest BCUT2D eigenvalue weighted by Gasteiger charge is -2.08. The largest absolute Gasteiger partial charge is 0.440 e. The van der Waals surface area contributed by atoms with Crippen molar-refractivity contribution in [3.63, 3.8) is 0 Å². The van der Waals surface area contributed by atoms with Gasteiger partial charge in [0.15, 0.2) is 0 Å². The highest BCUT2D eigenvalue weighted by Gasteiger charge is 2.27. The second-order valence-electron chi connectivity index (χ2n) is 4.84. The van der Waals surface area contributed by atoms with E-state index >= 15 is 0 Å². The predicted molar refractivity (Wildman–Crippen MR) is 80.3 cm³/mol. The highest BCUT2D eigenvalue weighted by Crippen LogP contribution is 2.25. The molecule has 0 bridgehead atoms. The van der Waals surface area contributed by atoms with E-state index in [1.807, 2.05) is 17.5 Å². The number of aryl methyl sites for hydroxylation is 1. The van der Waals surface area contributed by atoms with E-state index in [2.05, 4.69) is 10.3 Å². The third-order valence-corrected chi connectivity index (χ3v) is 3.74. The minimum absolute atomic E-state index is 0.132. The van der Waals surface area contributed by atoms with E-state index in [1.165, 1.54) is 11.3 Å². The van der Waals surface area contributed by atoms with Gasteiger partial charge in [-0.2, -0.15) is 13.2 Å². The summed E-state index contributed by atoms with van der Waals surface area (Å²) in [5.74, 6) is -0.591. The van der Waals surface area contributed by atoms with Crippen LogP contribution in [0, 0.1) is 6.92 Å². The molecule has 0 fully saturated rings. The van der Waals surface area contributed by atoms with Crippen LogP contribution >= 0.6 is 11.3 Å². The van der Waals surface area contributed by atoms with Gasteiger partial charge in [0, 0.05) is 0 Å². The summed E-state index contributed by atoms with van der Waals surface area (Å²) in [5.41, 5.74) is 0.409. The van der Waals surface area contributed by atoms with Crippen LogP contribution in [0.25, 0.3) is 10.8 Å². The first-order chi connectivity index (χ1) is 11.2. The molecular formula is C14H14F3N3O3S. The van der Waals surface area contributed by atoms with Crippen molar-refractivity contribution in [3.05, 3.63) is 29.0 Å². The Hall–Kier alpha value is -2.36. The van der Waals surface area contributed by atoms with Crippen LogP contribution in [0.1, 0.15) is 11.5 Å². The molecule has 24 heavy (non-hydrogen) atoms. The first kappa shape index (κ1) is 18.0. The molecule has 0 radical (unpaired) electrons. The number of aromatic nitrogens is 1. The lowest BCUT2D eigenvalue weighted by atomic mass is 10.2. The minimum atomic E-state index is -4.49. The molecule has 0 spiro atoms. The van der Waals surface area contributed by atoms with Gasteiger partial charge in [0.25, 0.3) is 0 Å². The molecule has 10 heteroatoms. The quantitative estimate of drug-likeness (QED) is 0.825. The van der Waals surface area contributed by atoms with Gasteiger partial charge in [0.2, 0.25) is 17.7 Å². The van der Waals surface area contributed by atoms with E-state index in [4.69, 9.17) is 4.42 Å². The molecule has 130 valence electrons. The molecule has 0 unspecified atom stereocenters. The maximum absolute atomic E-state index is 11.9. The van der Waals surface area contributed by atoms with Gasteiger partial charge < -0.3 is 15.1 Å². The summed E-state index contributed by atoms with van der Waals surface area (Å²) >= 11 is 1.44. The van der Waals surface area contributed by atoms with E-state index in [0.29, 0.717) is 17.3 Å². The Bertz CT molecular complexity index is 711. The summed E-state index contributed by atoms with van der Waals surface area (Å²) in [5, 5.41) is 5.77. The highest BCUT2D eigenvalue weighted by molar-refractivity contribution is 7.13. The normalized spacial score (nSPS) is 11.3. The van der Waals surface area contributed by atoms with Crippen LogP contribution in [0.5, 0.6) is 0 Å². The van der Waals surface area contributed by atoms with Crippen LogP contribution in [0.4, 0.5) is 13.2 Å². The molecule has 0 aliphatic rings. The van der Waals surface area contributed by atoms with E-state index in [9.17, 15) is 22.8 Å². The molecule has 0 atom stereocenters. The third kappa shape index (κ3) is 5.37. The number of alkyl halides is 3. The number of carbonyl (C=O) groups excluding carboxylic acids is 2. The molecule has 0 saturated heterocycles. The maximum Gasteiger partial charge on any atom is 0.405 e. The Labute approximate surface area is 139 Å². The second-order valence-corrected chi connectivity index (χ2v) is 5.79.